The number of benzene rings is 2. The molecule has 0 saturated heterocycles. The van der Waals surface area contributed by atoms with Gasteiger partial charge in [0, 0.05) is 17.1 Å². The van der Waals surface area contributed by atoms with E-state index in [1.165, 1.54) is 5.56 Å². The van der Waals surface area contributed by atoms with Gasteiger partial charge in [0.15, 0.2) is 5.75 Å². The number of aryl methyl sites for hydroxylation is 1. The van der Waals surface area contributed by atoms with E-state index in [9.17, 15) is 0 Å². The molecule has 3 nitrogen and oxygen atoms in total. The van der Waals surface area contributed by atoms with Crippen LogP contribution in [0.15, 0.2) is 34.8 Å². The zero-order chi connectivity index (χ0) is 15.4. The second-order valence-electron chi connectivity index (χ2n) is 4.64. The molecule has 112 valence electrons. The summed E-state index contributed by atoms with van der Waals surface area (Å²) < 4.78 is 11.6. The fourth-order valence-electron chi connectivity index (χ4n) is 2.14. The SMILES string of the molecule is COc1ccc(C)cc1CNc1cc(Cl)cc(Br)c1OC. The first kappa shape index (κ1) is 16.0. The van der Waals surface area contributed by atoms with E-state index in [1.807, 2.05) is 18.2 Å². The van der Waals surface area contributed by atoms with Crippen LogP contribution in [-0.4, -0.2) is 14.2 Å². The third kappa shape index (κ3) is 3.83. The number of nitrogens with one attached hydrogen (secondary N) is 1. The first-order valence-corrected chi connectivity index (χ1v) is 7.62. The summed E-state index contributed by atoms with van der Waals surface area (Å²) in [6.07, 6.45) is 0. The summed E-state index contributed by atoms with van der Waals surface area (Å²) in [5, 5.41) is 3.98. The summed E-state index contributed by atoms with van der Waals surface area (Å²) in [5.74, 6) is 1.58. The first-order valence-electron chi connectivity index (χ1n) is 6.45. The lowest BCUT2D eigenvalue weighted by molar-refractivity contribution is 0.409. The van der Waals surface area contributed by atoms with Crippen LogP contribution < -0.4 is 14.8 Å². The van der Waals surface area contributed by atoms with Crippen LogP contribution in [0.4, 0.5) is 5.69 Å². The molecule has 0 atom stereocenters. The molecule has 2 rings (SSSR count). The van der Waals surface area contributed by atoms with Gasteiger partial charge in [-0.3, -0.25) is 0 Å². The van der Waals surface area contributed by atoms with Gasteiger partial charge in [-0.25, -0.2) is 0 Å². The van der Waals surface area contributed by atoms with E-state index in [0.29, 0.717) is 11.6 Å². The second kappa shape index (κ2) is 7.05. The zero-order valence-corrected chi connectivity index (χ0v) is 14.5. The molecule has 0 unspecified atom stereocenters. The molecule has 0 fully saturated rings. The van der Waals surface area contributed by atoms with Gasteiger partial charge in [0.05, 0.1) is 24.4 Å². The smallest absolute Gasteiger partial charge is 0.156 e. The van der Waals surface area contributed by atoms with Crippen molar-refractivity contribution >= 4 is 33.2 Å². The maximum atomic E-state index is 6.09. The molecule has 21 heavy (non-hydrogen) atoms. The summed E-state index contributed by atoms with van der Waals surface area (Å²) in [6.45, 7) is 2.67. The number of ether oxygens (including phenoxy) is 2. The number of halogens is 2. The highest BCUT2D eigenvalue weighted by molar-refractivity contribution is 9.10. The van der Waals surface area contributed by atoms with Crippen LogP contribution in [0.5, 0.6) is 11.5 Å². The minimum atomic E-state index is 0.619. The summed E-state index contributed by atoms with van der Waals surface area (Å²) in [7, 11) is 3.30. The van der Waals surface area contributed by atoms with Crippen molar-refractivity contribution in [2.24, 2.45) is 0 Å². The fraction of sp³-hybridized carbons (Fsp3) is 0.250. The van der Waals surface area contributed by atoms with Crippen LogP contribution in [0.1, 0.15) is 11.1 Å². The molecule has 0 amide bonds. The average molecular weight is 371 g/mol. The Bertz CT molecular complexity index is 646. The Morgan fingerprint density at radius 1 is 1.14 bits per heavy atom. The Kier molecular flexibility index (Phi) is 5.37. The Hall–Kier alpha value is -1.39. The van der Waals surface area contributed by atoms with Crippen molar-refractivity contribution in [2.45, 2.75) is 13.5 Å². The molecule has 0 radical (unpaired) electrons. The number of hydrogen-bond donors (Lipinski definition) is 1. The Morgan fingerprint density at radius 3 is 2.57 bits per heavy atom. The summed E-state index contributed by atoms with van der Waals surface area (Å²) in [6, 6.07) is 9.74. The minimum Gasteiger partial charge on any atom is -0.496 e. The van der Waals surface area contributed by atoms with E-state index in [0.717, 1.165) is 27.2 Å². The van der Waals surface area contributed by atoms with Crippen molar-refractivity contribution in [3.8, 4) is 11.5 Å². The monoisotopic (exact) mass is 369 g/mol. The van der Waals surface area contributed by atoms with Crippen molar-refractivity contribution < 1.29 is 9.47 Å². The maximum Gasteiger partial charge on any atom is 0.156 e. The molecule has 0 bridgehead atoms. The Morgan fingerprint density at radius 2 is 1.90 bits per heavy atom. The van der Waals surface area contributed by atoms with Crippen molar-refractivity contribution in [2.75, 3.05) is 19.5 Å². The van der Waals surface area contributed by atoms with Crippen LogP contribution in [0.2, 0.25) is 5.02 Å². The molecule has 0 aliphatic carbocycles. The lowest BCUT2D eigenvalue weighted by Crippen LogP contribution is -2.04. The molecule has 0 aromatic heterocycles. The van der Waals surface area contributed by atoms with Crippen molar-refractivity contribution in [1.82, 2.24) is 0 Å². The van der Waals surface area contributed by atoms with Gasteiger partial charge in [-0.05, 0) is 41.1 Å². The van der Waals surface area contributed by atoms with Gasteiger partial charge in [-0.1, -0.05) is 29.3 Å². The third-order valence-electron chi connectivity index (χ3n) is 3.12. The Balaban J connectivity index is 2.26. The molecule has 0 aliphatic heterocycles. The topological polar surface area (TPSA) is 30.5 Å². The van der Waals surface area contributed by atoms with E-state index in [-0.39, 0.29) is 0 Å². The minimum absolute atomic E-state index is 0.619. The lowest BCUT2D eigenvalue weighted by atomic mass is 10.1. The van der Waals surface area contributed by atoms with E-state index in [4.69, 9.17) is 21.1 Å². The van der Waals surface area contributed by atoms with E-state index < -0.39 is 0 Å². The molecule has 2 aromatic rings. The molecular weight excluding hydrogens is 354 g/mol. The molecule has 5 heteroatoms. The highest BCUT2D eigenvalue weighted by atomic mass is 79.9. The van der Waals surface area contributed by atoms with Gasteiger partial charge in [0.25, 0.3) is 0 Å². The van der Waals surface area contributed by atoms with Crippen molar-refractivity contribution in [3.05, 3.63) is 51.0 Å². The van der Waals surface area contributed by atoms with Gasteiger partial charge in [0.1, 0.15) is 5.75 Å². The van der Waals surface area contributed by atoms with Gasteiger partial charge < -0.3 is 14.8 Å². The Labute approximate surface area is 138 Å². The summed E-state index contributed by atoms with van der Waals surface area (Å²) in [4.78, 5) is 0. The zero-order valence-electron chi connectivity index (χ0n) is 12.2. The molecule has 0 heterocycles. The largest absolute Gasteiger partial charge is 0.496 e. The van der Waals surface area contributed by atoms with Crippen LogP contribution in [0, 0.1) is 6.92 Å². The molecule has 0 aliphatic rings. The number of hydrogen-bond acceptors (Lipinski definition) is 3. The number of rotatable bonds is 5. The van der Waals surface area contributed by atoms with Gasteiger partial charge in [-0.2, -0.15) is 0 Å². The van der Waals surface area contributed by atoms with Crippen LogP contribution >= 0.6 is 27.5 Å². The molecule has 0 saturated carbocycles. The molecular formula is C16H17BrClNO2. The van der Waals surface area contributed by atoms with Crippen LogP contribution in [-0.2, 0) is 6.54 Å². The third-order valence-corrected chi connectivity index (χ3v) is 3.92. The molecule has 0 spiro atoms. The van der Waals surface area contributed by atoms with Crippen LogP contribution in [0.3, 0.4) is 0 Å². The average Bonchev–Trinajstić information content (AvgIpc) is 2.44. The maximum absolute atomic E-state index is 6.09. The highest BCUT2D eigenvalue weighted by Crippen LogP contribution is 2.36. The predicted molar refractivity (Wildman–Crippen MR) is 90.8 cm³/mol. The molecule has 1 N–H and O–H groups in total. The van der Waals surface area contributed by atoms with Crippen molar-refractivity contribution in [1.29, 1.82) is 0 Å². The van der Waals surface area contributed by atoms with Gasteiger partial charge >= 0.3 is 0 Å². The molecule has 2 aromatic carbocycles. The standard InChI is InChI=1S/C16H17BrClNO2/c1-10-4-5-15(20-2)11(6-10)9-19-14-8-12(18)7-13(17)16(14)21-3/h4-8,19H,9H2,1-3H3. The summed E-state index contributed by atoms with van der Waals surface area (Å²) >= 11 is 9.54. The normalized spacial score (nSPS) is 10.3. The van der Waals surface area contributed by atoms with Crippen LogP contribution in [0.25, 0.3) is 0 Å². The highest BCUT2D eigenvalue weighted by Gasteiger charge is 2.10. The number of methoxy groups -OCH3 is 2. The van der Waals surface area contributed by atoms with E-state index in [1.54, 1.807) is 20.3 Å². The van der Waals surface area contributed by atoms with E-state index in [2.05, 4.69) is 34.2 Å². The summed E-state index contributed by atoms with van der Waals surface area (Å²) in [5.41, 5.74) is 3.10. The van der Waals surface area contributed by atoms with Crippen molar-refractivity contribution in [3.63, 3.8) is 0 Å². The van der Waals surface area contributed by atoms with Gasteiger partial charge in [-0.15, -0.1) is 0 Å². The fourth-order valence-corrected chi connectivity index (χ4v) is 3.11. The second-order valence-corrected chi connectivity index (χ2v) is 5.93. The first-order chi connectivity index (χ1) is 10.0. The van der Waals surface area contributed by atoms with E-state index >= 15 is 0 Å². The lowest BCUT2D eigenvalue weighted by Gasteiger charge is -2.15. The van der Waals surface area contributed by atoms with Gasteiger partial charge in [0.2, 0.25) is 0 Å². The quantitative estimate of drug-likeness (QED) is 0.800. The predicted octanol–water partition coefficient (Wildman–Crippen LogP) is 5.04. The number of anilines is 1.